The van der Waals surface area contributed by atoms with Crippen LogP contribution < -0.4 is 4.68 Å². The van der Waals surface area contributed by atoms with Crippen LogP contribution in [0.2, 0.25) is 0 Å². The fourth-order valence-corrected chi connectivity index (χ4v) is 3.02. The Labute approximate surface area is 124 Å². The minimum atomic E-state index is 0.0430. The van der Waals surface area contributed by atoms with Gasteiger partial charge in [0.05, 0.1) is 23.3 Å². The molecular weight excluding hydrogens is 264 g/mol. The predicted octanol–water partition coefficient (Wildman–Crippen LogP) is 2.03. The van der Waals surface area contributed by atoms with E-state index >= 15 is 0 Å². The standard InChI is InChI=1S/C16H21N4O/c1-19-16(14-10-6-3-7-11-14)17-20(18-19)12-15(21)13-8-4-2-5-9-13/h2,4-5,8-9,14H,3,6-7,10-12H2,1H3/q+1. The van der Waals surface area contributed by atoms with E-state index in [2.05, 4.69) is 10.3 Å². The van der Waals surface area contributed by atoms with Crippen LogP contribution in [0.5, 0.6) is 0 Å². The molecule has 0 spiro atoms. The molecule has 2 aromatic rings. The lowest BCUT2D eigenvalue weighted by Gasteiger charge is -2.16. The van der Waals surface area contributed by atoms with Crippen molar-refractivity contribution in [3.05, 3.63) is 41.7 Å². The normalized spacial score (nSPS) is 16.0. The Hall–Kier alpha value is -2.04. The first-order valence-electron chi connectivity index (χ1n) is 7.63. The number of tetrazole rings is 1. The minimum Gasteiger partial charge on any atom is -0.290 e. The van der Waals surface area contributed by atoms with Gasteiger partial charge in [-0.3, -0.25) is 4.79 Å². The van der Waals surface area contributed by atoms with Crippen LogP contribution in [0, 0.1) is 0 Å². The van der Waals surface area contributed by atoms with Gasteiger partial charge in [0.25, 0.3) is 0 Å². The molecule has 110 valence electrons. The number of aryl methyl sites for hydroxylation is 1. The fourth-order valence-electron chi connectivity index (χ4n) is 3.02. The molecule has 1 aromatic heterocycles. The lowest BCUT2D eigenvalue weighted by molar-refractivity contribution is -0.741. The summed E-state index contributed by atoms with van der Waals surface area (Å²) in [5.41, 5.74) is 0.705. The van der Waals surface area contributed by atoms with Crippen LogP contribution in [0.25, 0.3) is 0 Å². The Morgan fingerprint density at radius 2 is 1.95 bits per heavy atom. The van der Waals surface area contributed by atoms with Crippen LogP contribution in [0.3, 0.4) is 0 Å². The highest BCUT2D eigenvalue weighted by molar-refractivity contribution is 5.95. The molecule has 0 aliphatic heterocycles. The monoisotopic (exact) mass is 285 g/mol. The highest BCUT2D eigenvalue weighted by atomic mass is 16.1. The van der Waals surface area contributed by atoms with Gasteiger partial charge in [-0.05, 0) is 17.6 Å². The number of benzene rings is 1. The maximum atomic E-state index is 12.2. The van der Waals surface area contributed by atoms with Crippen LogP contribution >= 0.6 is 0 Å². The second-order valence-corrected chi connectivity index (χ2v) is 5.73. The molecule has 1 aromatic carbocycles. The molecule has 1 saturated carbocycles. The van der Waals surface area contributed by atoms with Gasteiger partial charge in [0, 0.05) is 5.56 Å². The number of nitrogens with zero attached hydrogens (tertiary/aromatic N) is 4. The van der Waals surface area contributed by atoms with Crippen LogP contribution in [-0.2, 0) is 13.6 Å². The topological polar surface area (TPSA) is 51.7 Å². The summed E-state index contributed by atoms with van der Waals surface area (Å²) in [6, 6.07) is 9.31. The van der Waals surface area contributed by atoms with E-state index in [9.17, 15) is 4.79 Å². The van der Waals surface area contributed by atoms with Crippen LogP contribution in [0.15, 0.2) is 30.3 Å². The summed E-state index contributed by atoms with van der Waals surface area (Å²) in [5, 5.41) is 8.90. The van der Waals surface area contributed by atoms with Gasteiger partial charge < -0.3 is 0 Å². The van der Waals surface area contributed by atoms with E-state index in [0.29, 0.717) is 11.5 Å². The van der Waals surface area contributed by atoms with Crippen molar-refractivity contribution in [2.75, 3.05) is 0 Å². The third kappa shape index (κ3) is 3.17. The fraction of sp³-hybridized carbons (Fsp3) is 0.500. The summed E-state index contributed by atoms with van der Waals surface area (Å²) in [6.45, 7) is 0.199. The minimum absolute atomic E-state index is 0.0430. The maximum absolute atomic E-state index is 12.2. The van der Waals surface area contributed by atoms with Gasteiger partial charge in [-0.2, -0.15) is 0 Å². The number of ketones is 1. The number of Topliss-reactive ketones (excluding diaryl/α,β-unsaturated/α-hetero) is 1. The highest BCUT2D eigenvalue weighted by Gasteiger charge is 2.28. The molecule has 0 atom stereocenters. The molecule has 21 heavy (non-hydrogen) atoms. The van der Waals surface area contributed by atoms with E-state index in [-0.39, 0.29) is 12.3 Å². The first-order valence-corrected chi connectivity index (χ1v) is 7.63. The molecule has 0 unspecified atom stereocenters. The van der Waals surface area contributed by atoms with Crippen molar-refractivity contribution >= 4 is 5.78 Å². The second kappa shape index (κ2) is 6.16. The Kier molecular flexibility index (Phi) is 4.08. The zero-order valence-corrected chi connectivity index (χ0v) is 12.4. The van der Waals surface area contributed by atoms with Crippen molar-refractivity contribution in [1.29, 1.82) is 0 Å². The summed E-state index contributed by atoms with van der Waals surface area (Å²) in [5.74, 6) is 1.54. The Bertz CT molecular complexity index is 614. The molecule has 1 aliphatic carbocycles. The summed E-state index contributed by atoms with van der Waals surface area (Å²) in [4.78, 5) is 13.7. The number of hydrogen-bond acceptors (Lipinski definition) is 3. The molecule has 3 rings (SSSR count). The molecule has 5 nitrogen and oxygen atoms in total. The van der Waals surface area contributed by atoms with Crippen molar-refractivity contribution in [2.24, 2.45) is 7.05 Å². The van der Waals surface area contributed by atoms with Gasteiger partial charge in [-0.1, -0.05) is 49.6 Å². The van der Waals surface area contributed by atoms with Gasteiger partial charge in [0.1, 0.15) is 0 Å². The molecule has 0 bridgehead atoms. The van der Waals surface area contributed by atoms with Crippen LogP contribution in [0.4, 0.5) is 0 Å². The lowest BCUT2D eigenvalue weighted by atomic mass is 9.89. The smallest absolute Gasteiger partial charge is 0.290 e. The van der Waals surface area contributed by atoms with Crippen molar-refractivity contribution in [1.82, 2.24) is 15.1 Å². The number of hydrogen-bond donors (Lipinski definition) is 0. The first kappa shape index (κ1) is 13.9. The Morgan fingerprint density at radius 3 is 2.67 bits per heavy atom. The number of aromatic nitrogens is 4. The molecule has 1 aliphatic rings. The number of carbonyl (C=O) groups is 1. The third-order valence-electron chi connectivity index (χ3n) is 4.14. The quantitative estimate of drug-likeness (QED) is 0.638. The molecule has 0 amide bonds. The third-order valence-corrected chi connectivity index (χ3v) is 4.14. The SMILES string of the molecule is C[n+]1nn(CC(=O)c2ccccc2)nc1C1CCCCC1. The molecule has 5 heteroatoms. The Morgan fingerprint density at radius 1 is 1.24 bits per heavy atom. The van der Waals surface area contributed by atoms with Gasteiger partial charge in [-0.25, -0.2) is 0 Å². The van der Waals surface area contributed by atoms with E-state index in [1.165, 1.54) is 36.9 Å². The lowest BCUT2D eigenvalue weighted by Crippen LogP contribution is -2.37. The van der Waals surface area contributed by atoms with E-state index in [1.54, 1.807) is 0 Å². The van der Waals surface area contributed by atoms with Crippen LogP contribution in [-0.4, -0.2) is 20.9 Å². The largest absolute Gasteiger partial charge is 0.301 e. The van der Waals surface area contributed by atoms with Crippen molar-refractivity contribution < 1.29 is 9.48 Å². The molecular formula is C16H21N4O+. The summed E-state index contributed by atoms with van der Waals surface area (Å²) >= 11 is 0. The summed E-state index contributed by atoms with van der Waals surface area (Å²) in [7, 11) is 1.92. The molecule has 1 heterocycles. The zero-order chi connectivity index (χ0) is 14.7. The van der Waals surface area contributed by atoms with Crippen molar-refractivity contribution in [3.63, 3.8) is 0 Å². The second-order valence-electron chi connectivity index (χ2n) is 5.73. The Balaban J connectivity index is 1.73. The summed E-state index contributed by atoms with van der Waals surface area (Å²) < 4.78 is 1.83. The van der Waals surface area contributed by atoms with Gasteiger partial charge >= 0.3 is 5.82 Å². The first-order chi connectivity index (χ1) is 10.2. The van der Waals surface area contributed by atoms with Crippen molar-refractivity contribution in [2.45, 2.75) is 44.6 Å². The highest BCUT2D eigenvalue weighted by Crippen LogP contribution is 2.29. The molecule has 0 saturated heterocycles. The van der Waals surface area contributed by atoms with Gasteiger partial charge in [0.15, 0.2) is 6.54 Å². The molecule has 0 radical (unpaired) electrons. The van der Waals surface area contributed by atoms with E-state index in [4.69, 9.17) is 0 Å². The zero-order valence-electron chi connectivity index (χ0n) is 12.4. The average Bonchev–Trinajstić information content (AvgIpc) is 2.89. The molecule has 1 fully saturated rings. The van der Waals surface area contributed by atoms with Gasteiger partial charge in [-0.15, -0.1) is 4.68 Å². The average molecular weight is 285 g/mol. The van der Waals surface area contributed by atoms with Crippen molar-refractivity contribution in [3.8, 4) is 0 Å². The van der Waals surface area contributed by atoms with Crippen LogP contribution in [0.1, 0.15) is 54.2 Å². The maximum Gasteiger partial charge on any atom is 0.301 e. The summed E-state index contributed by atoms with van der Waals surface area (Å²) in [6.07, 6.45) is 6.21. The van der Waals surface area contributed by atoms with E-state index in [1.807, 2.05) is 42.1 Å². The predicted molar refractivity (Wildman–Crippen MR) is 77.8 cm³/mol. The van der Waals surface area contributed by atoms with E-state index < -0.39 is 0 Å². The van der Waals surface area contributed by atoms with Gasteiger partial charge in [0.2, 0.25) is 5.78 Å². The van der Waals surface area contributed by atoms with E-state index in [0.717, 1.165) is 5.82 Å². The number of carbonyl (C=O) groups excluding carboxylic acids is 1. The molecule has 0 N–H and O–H groups in total. The number of rotatable bonds is 4.